The molecule has 1 heterocycles. The number of rotatable bonds is 4. The van der Waals surface area contributed by atoms with E-state index in [0.29, 0.717) is 19.5 Å². The number of nitrogens with one attached hydrogen (secondary N) is 1. The topological polar surface area (TPSA) is 49.4 Å². The summed E-state index contributed by atoms with van der Waals surface area (Å²) in [5, 5.41) is 3.56. The molecule has 0 radical (unpaired) electrons. The summed E-state index contributed by atoms with van der Waals surface area (Å²) in [5.74, 6) is 0. The number of sulfonamides is 1. The van der Waals surface area contributed by atoms with Gasteiger partial charge in [-0.1, -0.05) is 48.5 Å². The van der Waals surface area contributed by atoms with Crippen molar-refractivity contribution < 1.29 is 8.42 Å². The van der Waals surface area contributed by atoms with Crippen LogP contribution in [-0.2, 0) is 23.0 Å². The Morgan fingerprint density at radius 2 is 1.75 bits per heavy atom. The minimum Gasteiger partial charge on any atom is -0.355 e. The zero-order valence-corrected chi connectivity index (χ0v) is 17.0. The number of hydrogen-bond acceptors (Lipinski definition) is 3. The molecule has 0 atom stereocenters. The maximum Gasteiger partial charge on any atom is 0.211 e. The van der Waals surface area contributed by atoms with Gasteiger partial charge in [-0.25, -0.2) is 8.42 Å². The predicted octanol–water partition coefficient (Wildman–Crippen LogP) is 4.72. The van der Waals surface area contributed by atoms with Crippen LogP contribution in [0.1, 0.15) is 16.7 Å². The van der Waals surface area contributed by atoms with Crippen LogP contribution in [0.15, 0.2) is 66.7 Å². The second-order valence-electron chi connectivity index (χ2n) is 7.31. The van der Waals surface area contributed by atoms with Crippen LogP contribution in [0.4, 0.5) is 11.4 Å². The Balaban J connectivity index is 1.65. The first-order chi connectivity index (χ1) is 13.4. The minimum atomic E-state index is -3.17. The summed E-state index contributed by atoms with van der Waals surface area (Å²) in [5.41, 5.74) is 7.98. The summed E-state index contributed by atoms with van der Waals surface area (Å²) < 4.78 is 25.3. The van der Waals surface area contributed by atoms with E-state index in [-0.39, 0.29) is 0 Å². The lowest BCUT2D eigenvalue weighted by molar-refractivity contribution is 0.395. The molecule has 0 aromatic heterocycles. The monoisotopic (exact) mass is 392 g/mol. The Bertz CT molecular complexity index is 1110. The van der Waals surface area contributed by atoms with E-state index in [2.05, 4.69) is 60.8 Å². The van der Waals surface area contributed by atoms with Gasteiger partial charge in [0, 0.05) is 24.5 Å². The predicted molar refractivity (Wildman–Crippen MR) is 115 cm³/mol. The first-order valence-electron chi connectivity index (χ1n) is 9.41. The summed E-state index contributed by atoms with van der Waals surface area (Å²) in [4.78, 5) is 0. The van der Waals surface area contributed by atoms with E-state index in [0.717, 1.165) is 16.9 Å². The van der Waals surface area contributed by atoms with Crippen LogP contribution >= 0.6 is 0 Å². The van der Waals surface area contributed by atoms with Gasteiger partial charge in [0.05, 0.1) is 6.26 Å². The maximum atomic E-state index is 11.9. The highest BCUT2D eigenvalue weighted by Gasteiger charge is 2.24. The van der Waals surface area contributed by atoms with Gasteiger partial charge < -0.3 is 5.32 Å². The standard InChI is InChI=1S/C23H24N2O2S/c1-17-11-12-20(15-22(17)18-7-4-3-5-8-18)24-23-10-6-9-19-16-25(28(2,26)27)14-13-21(19)23/h3-12,15,24H,13-14,16H2,1-2H3. The third-order valence-corrected chi connectivity index (χ3v) is 6.55. The van der Waals surface area contributed by atoms with E-state index in [1.165, 1.54) is 28.5 Å². The van der Waals surface area contributed by atoms with Crippen LogP contribution in [0.5, 0.6) is 0 Å². The van der Waals surface area contributed by atoms with Crippen LogP contribution in [0, 0.1) is 6.92 Å². The molecular formula is C23H24N2O2S. The van der Waals surface area contributed by atoms with E-state index in [1.54, 1.807) is 4.31 Å². The molecule has 5 heteroatoms. The SMILES string of the molecule is Cc1ccc(Nc2cccc3c2CCN(S(C)(=O)=O)C3)cc1-c1ccccc1. The highest BCUT2D eigenvalue weighted by molar-refractivity contribution is 7.88. The molecular weight excluding hydrogens is 368 g/mol. The van der Waals surface area contributed by atoms with E-state index < -0.39 is 10.0 Å². The Morgan fingerprint density at radius 1 is 0.964 bits per heavy atom. The van der Waals surface area contributed by atoms with E-state index in [9.17, 15) is 8.42 Å². The largest absolute Gasteiger partial charge is 0.355 e. The molecule has 0 amide bonds. The van der Waals surface area contributed by atoms with Gasteiger partial charge >= 0.3 is 0 Å². The van der Waals surface area contributed by atoms with Gasteiger partial charge in [0.2, 0.25) is 10.0 Å². The van der Waals surface area contributed by atoms with Gasteiger partial charge in [-0.05, 0) is 59.4 Å². The average Bonchev–Trinajstić information content (AvgIpc) is 2.69. The fourth-order valence-corrected chi connectivity index (χ4v) is 4.56. The first kappa shape index (κ1) is 18.7. The Labute approximate surface area is 166 Å². The van der Waals surface area contributed by atoms with Gasteiger partial charge in [-0.3, -0.25) is 0 Å². The highest BCUT2D eigenvalue weighted by atomic mass is 32.2. The Hall–Kier alpha value is -2.63. The molecule has 0 spiro atoms. The van der Waals surface area contributed by atoms with Gasteiger partial charge in [-0.15, -0.1) is 0 Å². The molecule has 0 aliphatic carbocycles. The molecule has 0 unspecified atom stereocenters. The summed E-state index contributed by atoms with van der Waals surface area (Å²) in [7, 11) is -3.17. The van der Waals surface area contributed by atoms with Gasteiger partial charge in [-0.2, -0.15) is 4.31 Å². The zero-order valence-electron chi connectivity index (χ0n) is 16.1. The molecule has 0 saturated carbocycles. The van der Waals surface area contributed by atoms with Crippen LogP contribution in [0.2, 0.25) is 0 Å². The number of benzene rings is 3. The summed E-state index contributed by atoms with van der Waals surface area (Å²) >= 11 is 0. The van der Waals surface area contributed by atoms with Crippen molar-refractivity contribution in [3.63, 3.8) is 0 Å². The quantitative estimate of drug-likeness (QED) is 0.699. The lowest BCUT2D eigenvalue weighted by atomic mass is 9.98. The number of fused-ring (bicyclic) bond motifs is 1. The molecule has 3 aromatic carbocycles. The molecule has 0 saturated heterocycles. The van der Waals surface area contributed by atoms with Crippen LogP contribution in [0.3, 0.4) is 0 Å². The van der Waals surface area contributed by atoms with Crippen LogP contribution < -0.4 is 5.32 Å². The third-order valence-electron chi connectivity index (χ3n) is 5.30. The van der Waals surface area contributed by atoms with Crippen molar-refractivity contribution in [1.82, 2.24) is 4.31 Å². The van der Waals surface area contributed by atoms with Crippen LogP contribution in [-0.4, -0.2) is 25.5 Å². The fourth-order valence-electron chi connectivity index (χ4n) is 3.77. The molecule has 1 aliphatic heterocycles. The second-order valence-corrected chi connectivity index (χ2v) is 9.29. The van der Waals surface area contributed by atoms with Crippen molar-refractivity contribution in [3.05, 3.63) is 83.4 Å². The first-order valence-corrected chi connectivity index (χ1v) is 11.3. The highest BCUT2D eigenvalue weighted by Crippen LogP contribution is 2.32. The molecule has 4 rings (SSSR count). The van der Waals surface area contributed by atoms with Crippen molar-refractivity contribution in [2.24, 2.45) is 0 Å². The zero-order chi connectivity index (χ0) is 19.7. The van der Waals surface area contributed by atoms with Crippen molar-refractivity contribution >= 4 is 21.4 Å². The fraction of sp³-hybridized carbons (Fsp3) is 0.217. The van der Waals surface area contributed by atoms with Crippen molar-refractivity contribution in [2.75, 3.05) is 18.1 Å². The summed E-state index contributed by atoms with van der Waals surface area (Å²) in [6.45, 7) is 3.08. The van der Waals surface area contributed by atoms with E-state index in [4.69, 9.17) is 0 Å². The van der Waals surface area contributed by atoms with Crippen molar-refractivity contribution in [3.8, 4) is 11.1 Å². The average molecular weight is 393 g/mol. The maximum absolute atomic E-state index is 11.9. The Morgan fingerprint density at radius 3 is 2.50 bits per heavy atom. The number of aryl methyl sites for hydroxylation is 1. The molecule has 0 bridgehead atoms. The van der Waals surface area contributed by atoms with Crippen LogP contribution in [0.25, 0.3) is 11.1 Å². The molecule has 4 nitrogen and oxygen atoms in total. The van der Waals surface area contributed by atoms with Crippen molar-refractivity contribution in [1.29, 1.82) is 0 Å². The van der Waals surface area contributed by atoms with Gasteiger partial charge in [0.15, 0.2) is 0 Å². The lowest BCUT2D eigenvalue weighted by Crippen LogP contribution is -2.35. The number of nitrogens with zero attached hydrogens (tertiary/aromatic N) is 1. The molecule has 3 aromatic rings. The van der Waals surface area contributed by atoms with Crippen molar-refractivity contribution in [2.45, 2.75) is 19.9 Å². The smallest absolute Gasteiger partial charge is 0.211 e. The van der Waals surface area contributed by atoms with Gasteiger partial charge in [0.25, 0.3) is 0 Å². The lowest BCUT2D eigenvalue weighted by Gasteiger charge is -2.28. The Kier molecular flexibility index (Phi) is 4.96. The number of hydrogen-bond donors (Lipinski definition) is 1. The normalized spacial score (nSPS) is 14.5. The van der Waals surface area contributed by atoms with E-state index in [1.807, 2.05) is 18.2 Å². The van der Waals surface area contributed by atoms with E-state index >= 15 is 0 Å². The van der Waals surface area contributed by atoms with Gasteiger partial charge in [0.1, 0.15) is 0 Å². The molecule has 0 fully saturated rings. The molecule has 144 valence electrons. The number of anilines is 2. The summed E-state index contributed by atoms with van der Waals surface area (Å²) in [6.07, 6.45) is 1.99. The second kappa shape index (κ2) is 7.41. The molecule has 1 aliphatic rings. The molecule has 1 N–H and O–H groups in total. The third kappa shape index (κ3) is 3.81. The minimum absolute atomic E-state index is 0.437. The summed E-state index contributed by atoms with van der Waals surface area (Å²) in [6, 6.07) is 22.8. The molecule has 28 heavy (non-hydrogen) atoms.